The lowest BCUT2D eigenvalue weighted by atomic mass is 9.95. The van der Waals surface area contributed by atoms with Crippen LogP contribution in [0.1, 0.15) is 67.0 Å². The Kier molecular flexibility index (Phi) is 10.4. The second-order valence-electron chi connectivity index (χ2n) is 15.4. The van der Waals surface area contributed by atoms with Crippen LogP contribution in [0.2, 0.25) is 0 Å². The number of benzene rings is 2. The van der Waals surface area contributed by atoms with E-state index < -0.39 is 64.8 Å². The number of halogens is 4. The van der Waals surface area contributed by atoms with Gasteiger partial charge in [-0.1, -0.05) is 11.3 Å². The summed E-state index contributed by atoms with van der Waals surface area (Å²) >= 11 is 1.89. The van der Waals surface area contributed by atoms with Crippen LogP contribution in [-0.4, -0.2) is 87.5 Å². The lowest BCUT2D eigenvalue weighted by molar-refractivity contribution is -0.137. The smallest absolute Gasteiger partial charge is 0.417 e. The van der Waals surface area contributed by atoms with Gasteiger partial charge in [-0.05, 0) is 73.6 Å². The largest absolute Gasteiger partial charge is 0.444 e. The third-order valence-electron chi connectivity index (χ3n) is 8.79. The van der Waals surface area contributed by atoms with Gasteiger partial charge in [0.05, 0.1) is 46.0 Å². The van der Waals surface area contributed by atoms with Crippen LogP contribution in [0, 0.1) is 5.82 Å². The molecule has 2 aliphatic rings. The summed E-state index contributed by atoms with van der Waals surface area (Å²) in [6, 6.07) is 1.81. The number of nitrogens with zero attached hydrogens (tertiary/aromatic N) is 5. The molecule has 2 aromatic carbocycles. The normalized spacial score (nSPS) is 19.4. The number of anilines is 2. The van der Waals surface area contributed by atoms with Gasteiger partial charge in [0.25, 0.3) is 0 Å². The number of hydrogen-bond donors (Lipinski definition) is 1. The molecule has 292 valence electrons. The van der Waals surface area contributed by atoms with Gasteiger partial charge in [-0.2, -0.15) is 18.2 Å². The average molecular weight is 795 g/mol. The number of rotatable bonds is 5. The highest BCUT2D eigenvalue weighted by atomic mass is 32.2. The summed E-state index contributed by atoms with van der Waals surface area (Å²) in [4.78, 5) is 52.0. The van der Waals surface area contributed by atoms with Crippen LogP contribution in [-0.2, 0) is 20.4 Å². The van der Waals surface area contributed by atoms with Crippen molar-refractivity contribution in [1.82, 2.24) is 19.4 Å². The Balaban J connectivity index is 1.57. The molecule has 0 unspecified atom stereocenters. The fourth-order valence-corrected chi connectivity index (χ4v) is 9.13. The number of carbonyl (C=O) groups excluding carboxylic acids is 2. The van der Waals surface area contributed by atoms with E-state index in [0.29, 0.717) is 0 Å². The molecule has 1 saturated heterocycles. The van der Waals surface area contributed by atoms with Gasteiger partial charge in [-0.15, -0.1) is 11.8 Å². The summed E-state index contributed by atoms with van der Waals surface area (Å²) in [6.07, 6.45) is -6.31. The molecule has 2 aromatic heterocycles. The molecule has 0 saturated carbocycles. The molecule has 0 aliphatic carbocycles. The number of aromatic nitrogens is 3. The molecule has 1 fully saturated rings. The second kappa shape index (κ2) is 14.2. The summed E-state index contributed by atoms with van der Waals surface area (Å²) in [6.45, 7) is 14.3. The van der Waals surface area contributed by atoms with Crippen LogP contribution in [0.4, 0.5) is 38.1 Å². The van der Waals surface area contributed by atoms with Crippen molar-refractivity contribution in [3.8, 4) is 11.1 Å². The van der Waals surface area contributed by atoms with Crippen LogP contribution in [0.25, 0.3) is 32.2 Å². The zero-order valence-corrected chi connectivity index (χ0v) is 32.9. The minimum Gasteiger partial charge on any atom is -0.444 e. The van der Waals surface area contributed by atoms with Gasteiger partial charge in [0.1, 0.15) is 22.8 Å². The number of ether oxygens (including phenoxy) is 3. The molecular formula is C36H42F4N6O6S2. The minimum absolute atomic E-state index is 0.0348. The van der Waals surface area contributed by atoms with Crippen LogP contribution in [0.15, 0.2) is 27.9 Å². The Hall–Kier alpha value is -4.16. The molecule has 54 heavy (non-hydrogen) atoms. The van der Waals surface area contributed by atoms with E-state index >= 15 is 17.6 Å². The first-order valence-corrected chi connectivity index (χ1v) is 19.1. The Morgan fingerprint density at radius 1 is 1.00 bits per heavy atom. The van der Waals surface area contributed by atoms with Crippen molar-refractivity contribution in [2.45, 2.75) is 95.8 Å². The summed E-state index contributed by atoms with van der Waals surface area (Å²) in [5.74, 6) is -0.510. The van der Waals surface area contributed by atoms with Gasteiger partial charge >= 0.3 is 24.1 Å². The standard InChI is InChI=1S/C36H42F4N6O6S2/c1-17-13-44(14-18(2)45(17)33(49)52-35(6,7)8)29-21-12-22(36(38,39)40)24(28-26(21)46(31(47)42-29)19(15-50-9)16-53-28)20-10-11-23(37)27-25(20)41-30(54-27)43-32(48)51-34(3,4)5/h10-12,17-19H,13-16H2,1-9H3,(H,41,43,48)/t17-,18+,19-/m0/s1. The van der Waals surface area contributed by atoms with Gasteiger partial charge < -0.3 is 19.1 Å². The molecule has 4 aromatic rings. The predicted octanol–water partition coefficient (Wildman–Crippen LogP) is 8.31. The fraction of sp³-hybridized carbons (Fsp3) is 0.528. The van der Waals surface area contributed by atoms with Gasteiger partial charge in [-0.3, -0.25) is 14.8 Å². The topological polar surface area (TPSA) is 128 Å². The van der Waals surface area contributed by atoms with E-state index in [9.17, 15) is 14.4 Å². The SMILES string of the molecule is COC[C@H]1CSc2c(-c3ccc(F)c4sc(NC(=O)OC(C)(C)C)nc34)c(C(F)(F)F)cc3c(N4C[C@@H](C)N(C(=O)OC(C)(C)C)[C@@H](C)C4)nc(=O)n1c23. The Morgan fingerprint density at radius 2 is 1.65 bits per heavy atom. The quantitative estimate of drug-likeness (QED) is 0.197. The van der Waals surface area contributed by atoms with Crippen molar-refractivity contribution in [3.63, 3.8) is 0 Å². The molecule has 0 bridgehead atoms. The molecule has 1 N–H and O–H groups in total. The number of methoxy groups -OCH3 is 1. The van der Waals surface area contributed by atoms with Gasteiger partial charge in [0.2, 0.25) is 0 Å². The van der Waals surface area contributed by atoms with Crippen molar-refractivity contribution >= 4 is 67.4 Å². The summed E-state index contributed by atoms with van der Waals surface area (Å²) in [7, 11) is 1.47. The fourth-order valence-electron chi connectivity index (χ4n) is 6.93. The zero-order valence-electron chi connectivity index (χ0n) is 31.3. The van der Waals surface area contributed by atoms with E-state index in [0.717, 1.165) is 35.2 Å². The highest BCUT2D eigenvalue weighted by Gasteiger charge is 2.42. The van der Waals surface area contributed by atoms with E-state index in [1.165, 1.54) is 17.7 Å². The molecule has 2 amide bonds. The number of thioether (sulfide) groups is 1. The summed E-state index contributed by atoms with van der Waals surface area (Å²) < 4.78 is 79.2. The second-order valence-corrected chi connectivity index (χ2v) is 17.5. The predicted molar refractivity (Wildman–Crippen MR) is 200 cm³/mol. The number of nitrogens with one attached hydrogen (secondary N) is 1. The number of thiazole rings is 1. The highest BCUT2D eigenvalue weighted by molar-refractivity contribution is 7.99. The summed E-state index contributed by atoms with van der Waals surface area (Å²) in [5, 5.41) is 2.48. The number of amides is 2. The molecule has 3 atom stereocenters. The van der Waals surface area contributed by atoms with Crippen LogP contribution >= 0.6 is 23.1 Å². The average Bonchev–Trinajstić information content (AvgIpc) is 3.45. The molecular weight excluding hydrogens is 753 g/mol. The summed E-state index contributed by atoms with van der Waals surface area (Å²) in [5.41, 5.74) is -3.50. The maximum Gasteiger partial charge on any atom is 0.417 e. The van der Waals surface area contributed by atoms with Crippen molar-refractivity contribution in [2.75, 3.05) is 42.8 Å². The van der Waals surface area contributed by atoms with Crippen molar-refractivity contribution in [2.24, 2.45) is 0 Å². The van der Waals surface area contributed by atoms with E-state index in [-0.39, 0.29) is 73.5 Å². The first kappa shape index (κ1) is 39.5. The van der Waals surface area contributed by atoms with Crippen molar-refractivity contribution < 1.29 is 41.4 Å². The Labute approximate surface area is 317 Å². The highest BCUT2D eigenvalue weighted by Crippen LogP contribution is 2.51. The number of fused-ring (bicyclic) bond motifs is 1. The van der Waals surface area contributed by atoms with E-state index in [1.54, 1.807) is 65.2 Å². The molecule has 4 heterocycles. The number of hydrogen-bond acceptors (Lipinski definition) is 11. The first-order valence-electron chi connectivity index (χ1n) is 17.3. The molecule has 0 spiro atoms. The number of piperazine rings is 1. The molecule has 12 nitrogen and oxygen atoms in total. The third-order valence-corrected chi connectivity index (χ3v) is 11.0. The Morgan fingerprint density at radius 3 is 2.24 bits per heavy atom. The van der Waals surface area contributed by atoms with Crippen LogP contribution in [0.3, 0.4) is 0 Å². The maximum atomic E-state index is 15.4. The lowest BCUT2D eigenvalue weighted by Gasteiger charge is -2.45. The van der Waals surface area contributed by atoms with E-state index in [4.69, 9.17) is 14.2 Å². The molecule has 18 heteroatoms. The third kappa shape index (κ3) is 7.69. The molecule has 0 radical (unpaired) electrons. The van der Waals surface area contributed by atoms with Gasteiger partial charge in [-0.25, -0.2) is 23.8 Å². The van der Waals surface area contributed by atoms with E-state index in [1.807, 2.05) is 0 Å². The van der Waals surface area contributed by atoms with Gasteiger partial charge in [0.15, 0.2) is 5.13 Å². The number of carbonyl (C=O) groups is 2. The maximum absolute atomic E-state index is 15.4. The first-order chi connectivity index (χ1) is 25.1. The minimum atomic E-state index is -4.92. The molecule has 6 rings (SSSR count). The molecule has 2 aliphatic heterocycles. The lowest BCUT2D eigenvalue weighted by Crippen LogP contribution is -2.60. The van der Waals surface area contributed by atoms with Crippen LogP contribution < -0.4 is 15.9 Å². The Bertz CT molecular complexity index is 2180. The zero-order chi connectivity index (χ0) is 39.7. The van der Waals surface area contributed by atoms with E-state index in [2.05, 4.69) is 15.3 Å². The van der Waals surface area contributed by atoms with Crippen molar-refractivity contribution in [3.05, 3.63) is 40.1 Å². The number of alkyl halides is 3. The van der Waals surface area contributed by atoms with Crippen LogP contribution in [0.5, 0.6) is 0 Å². The van der Waals surface area contributed by atoms with Gasteiger partial charge in [0, 0.05) is 47.4 Å². The van der Waals surface area contributed by atoms with Crippen molar-refractivity contribution in [1.29, 1.82) is 0 Å². The monoisotopic (exact) mass is 794 g/mol.